The highest BCUT2D eigenvalue weighted by atomic mass is 16.6. The van der Waals surface area contributed by atoms with Crippen molar-refractivity contribution in [3.05, 3.63) is 115 Å². The van der Waals surface area contributed by atoms with Gasteiger partial charge < -0.3 is 42.7 Å². The molecule has 0 aliphatic carbocycles. The largest absolute Gasteiger partial charge is 0.457 e. The maximum atomic E-state index is 13.4. The van der Waals surface area contributed by atoms with Crippen molar-refractivity contribution in [1.82, 2.24) is 9.97 Å². The molecular formula is C43H54N2O11. The smallest absolute Gasteiger partial charge is 0.360 e. The van der Waals surface area contributed by atoms with Gasteiger partial charge >= 0.3 is 11.9 Å². The molecule has 4 bridgehead atoms. The van der Waals surface area contributed by atoms with Crippen LogP contribution in [-0.2, 0) is 30.1 Å². The van der Waals surface area contributed by atoms with Crippen molar-refractivity contribution in [3.63, 3.8) is 0 Å². The number of carbonyl (C=O) groups excluding carboxylic acids is 2. The van der Waals surface area contributed by atoms with Crippen LogP contribution in [0.3, 0.4) is 0 Å². The van der Waals surface area contributed by atoms with Gasteiger partial charge in [0, 0.05) is 36.9 Å². The Morgan fingerprint density at radius 2 is 1.25 bits per heavy atom. The summed E-state index contributed by atoms with van der Waals surface area (Å²) < 4.78 is 40.3. The fraction of sp³-hybridized carbons (Fsp3) is 0.488. The summed E-state index contributed by atoms with van der Waals surface area (Å²) >= 11 is 0. The highest BCUT2D eigenvalue weighted by Crippen LogP contribution is 2.35. The second-order valence-corrected chi connectivity index (χ2v) is 15.1. The predicted octanol–water partition coefficient (Wildman–Crippen LogP) is 6.46. The molecular weight excluding hydrogens is 720 g/mol. The number of hydrogen-bond donors (Lipinski definition) is 2. The van der Waals surface area contributed by atoms with Crippen LogP contribution in [0.4, 0.5) is 0 Å². The van der Waals surface area contributed by atoms with Gasteiger partial charge in [-0.3, -0.25) is 0 Å². The van der Waals surface area contributed by atoms with E-state index in [1.807, 2.05) is 84.1 Å². The Morgan fingerprint density at radius 1 is 0.732 bits per heavy atom. The Bertz CT molecular complexity index is 1840. The third kappa shape index (κ3) is 11.2. The first kappa shape index (κ1) is 42.5. The molecule has 0 radical (unpaired) electrons. The normalized spacial score (nSPS) is 30.9. The lowest BCUT2D eigenvalue weighted by Gasteiger charge is -2.36. The van der Waals surface area contributed by atoms with Gasteiger partial charge in [-0.25, -0.2) is 19.6 Å². The first-order valence-corrected chi connectivity index (χ1v) is 18.9. The van der Waals surface area contributed by atoms with Crippen molar-refractivity contribution in [2.75, 3.05) is 7.11 Å². The molecule has 0 amide bonds. The summed E-state index contributed by atoms with van der Waals surface area (Å²) in [6.45, 7) is 11.0. The minimum Gasteiger partial charge on any atom is -0.457 e. The average molecular weight is 775 g/mol. The molecule has 5 rings (SSSR count). The number of aliphatic hydroxyl groups excluding tert-OH is 2. The Hall–Kier alpha value is -4.66. The molecule has 0 saturated carbocycles. The van der Waals surface area contributed by atoms with E-state index in [4.69, 9.17) is 32.5 Å². The number of methoxy groups -OCH3 is 1. The zero-order valence-electron chi connectivity index (χ0n) is 33.0. The van der Waals surface area contributed by atoms with Gasteiger partial charge in [0.2, 0.25) is 5.89 Å². The van der Waals surface area contributed by atoms with Crippen LogP contribution in [0.1, 0.15) is 87.1 Å². The SMILES string of the molecule is C/C=C/[C@H](O)C(C)(C)[C@@H]1C/C=C\[C@@H]2O[C@@H]2/C=C/[C@H](OC)Cc2nc(co2)C(=O)O[C@@H](C(C)(C)[C@@H](O)/C=C/C)C/C=C\[C@@H]2O[C@H]2/C=C/C=C\c2nc(co2)C(=O)O1. The van der Waals surface area contributed by atoms with Crippen molar-refractivity contribution in [1.29, 1.82) is 0 Å². The molecule has 0 unspecified atom stereocenters. The monoisotopic (exact) mass is 774 g/mol. The van der Waals surface area contributed by atoms with Crippen molar-refractivity contribution in [2.24, 2.45) is 10.8 Å². The number of hydrogen-bond acceptors (Lipinski definition) is 13. The van der Waals surface area contributed by atoms with Gasteiger partial charge in [-0.1, -0.05) is 107 Å². The zero-order valence-corrected chi connectivity index (χ0v) is 33.0. The van der Waals surface area contributed by atoms with E-state index in [2.05, 4.69) is 9.97 Å². The molecule has 2 aromatic rings. The van der Waals surface area contributed by atoms with Gasteiger partial charge in [-0.15, -0.1) is 0 Å². The summed E-state index contributed by atoms with van der Waals surface area (Å²) in [5.74, 6) is -0.844. The van der Waals surface area contributed by atoms with E-state index in [9.17, 15) is 19.8 Å². The Labute approximate surface area is 328 Å². The number of epoxide rings is 2. The molecule has 3 aliphatic rings. The second kappa shape index (κ2) is 19.0. The fourth-order valence-electron chi connectivity index (χ4n) is 6.10. The molecule has 2 fully saturated rings. The van der Waals surface area contributed by atoms with E-state index < -0.39 is 53.3 Å². The summed E-state index contributed by atoms with van der Waals surface area (Å²) in [5, 5.41) is 21.9. The highest BCUT2D eigenvalue weighted by Gasteiger charge is 2.41. The first-order chi connectivity index (χ1) is 26.8. The maximum Gasteiger partial charge on any atom is 0.360 e. The van der Waals surface area contributed by atoms with Crippen LogP contribution >= 0.6 is 0 Å². The van der Waals surface area contributed by atoms with Crippen molar-refractivity contribution in [2.45, 2.75) is 116 Å². The lowest BCUT2D eigenvalue weighted by molar-refractivity contribution is -0.0461. The number of carbonyl (C=O) groups is 2. The summed E-state index contributed by atoms with van der Waals surface area (Å²) in [5.41, 5.74) is -1.68. The summed E-state index contributed by atoms with van der Waals surface area (Å²) in [4.78, 5) is 35.3. The molecule has 3 aliphatic heterocycles. The van der Waals surface area contributed by atoms with Gasteiger partial charge in [-0.2, -0.15) is 0 Å². The summed E-state index contributed by atoms with van der Waals surface area (Å²) in [6, 6.07) is 0. The maximum absolute atomic E-state index is 13.4. The predicted molar refractivity (Wildman–Crippen MR) is 207 cm³/mol. The van der Waals surface area contributed by atoms with Crippen LogP contribution in [0.25, 0.3) is 6.08 Å². The number of oxazole rings is 2. The molecule has 56 heavy (non-hydrogen) atoms. The van der Waals surface area contributed by atoms with Crippen LogP contribution in [0.2, 0.25) is 0 Å². The van der Waals surface area contributed by atoms with Crippen LogP contribution in [0.5, 0.6) is 0 Å². The molecule has 0 aromatic carbocycles. The van der Waals surface area contributed by atoms with Crippen LogP contribution in [0, 0.1) is 10.8 Å². The van der Waals surface area contributed by atoms with Gasteiger partial charge in [-0.05, 0) is 13.8 Å². The Balaban J connectivity index is 1.37. The summed E-state index contributed by atoms with van der Waals surface area (Å²) in [6.07, 6.45) is 24.1. The highest BCUT2D eigenvalue weighted by molar-refractivity contribution is 5.87. The number of rotatable bonds is 7. The third-order valence-electron chi connectivity index (χ3n) is 10.2. The Kier molecular flexibility index (Phi) is 14.4. The average Bonchev–Trinajstić information content (AvgIpc) is 3.96. The number of ether oxygens (including phenoxy) is 5. The molecule has 302 valence electrons. The van der Waals surface area contributed by atoms with Gasteiger partial charge in [0.1, 0.15) is 49.2 Å². The molecule has 2 saturated heterocycles. The molecule has 9 atom stereocenters. The van der Waals surface area contributed by atoms with E-state index in [1.165, 1.54) is 12.5 Å². The van der Waals surface area contributed by atoms with E-state index in [0.29, 0.717) is 12.8 Å². The lowest BCUT2D eigenvalue weighted by Crippen LogP contribution is -2.42. The fourth-order valence-corrected chi connectivity index (χ4v) is 6.10. The number of allylic oxidation sites excluding steroid dienone is 4. The van der Waals surface area contributed by atoms with Gasteiger partial charge in [0.25, 0.3) is 0 Å². The zero-order chi connectivity index (χ0) is 40.5. The van der Waals surface area contributed by atoms with Crippen molar-refractivity contribution in [3.8, 4) is 0 Å². The molecule has 2 N–H and O–H groups in total. The second-order valence-electron chi connectivity index (χ2n) is 15.1. The lowest BCUT2D eigenvalue weighted by atomic mass is 9.79. The molecule has 13 heteroatoms. The van der Waals surface area contributed by atoms with Crippen LogP contribution < -0.4 is 0 Å². The number of cyclic esters (lactones) is 2. The minimum atomic E-state index is -0.884. The van der Waals surface area contributed by atoms with Crippen LogP contribution in [0.15, 0.2) is 100 Å². The van der Waals surface area contributed by atoms with E-state index in [0.717, 1.165) is 0 Å². The topological polar surface area (TPSA) is 179 Å². The molecule has 13 nitrogen and oxygen atoms in total. The van der Waals surface area contributed by atoms with E-state index >= 15 is 0 Å². The van der Waals surface area contributed by atoms with Gasteiger partial charge in [0.05, 0.1) is 24.7 Å². The minimum absolute atomic E-state index is 0.00381. The van der Waals surface area contributed by atoms with Crippen molar-refractivity contribution < 1.29 is 52.3 Å². The first-order valence-electron chi connectivity index (χ1n) is 18.9. The molecule has 2 aromatic heterocycles. The molecule has 0 spiro atoms. The number of aromatic nitrogens is 2. The quantitative estimate of drug-likeness (QED) is 0.178. The third-order valence-corrected chi connectivity index (χ3v) is 10.2. The number of esters is 2. The van der Waals surface area contributed by atoms with Gasteiger partial charge in [0.15, 0.2) is 17.3 Å². The Morgan fingerprint density at radius 3 is 1.80 bits per heavy atom. The number of aliphatic hydroxyl groups is 2. The standard InChI is InChI=1S/C43H54N2O11/c1-8-14-34(46)42(3,4)36-20-13-18-32-33(54-32)23-22-27(50-7)24-39-45-29(26-52-39)41(49)56-37(43(5,6)35(47)15-9-2)19-12-17-31-30(53-31)16-10-11-21-38-44-28(25-51-38)40(48)55-36/h8-18,21-23,25-27,30-37,46-47H,19-20,24H2,1-7H3/b14-8+,15-9+,16-10+,17-12-,18-13-,21-11-,23-22+/t27-,30-,31-,32-,33+,34-,35-,36-,37+/m0/s1. The summed E-state index contributed by atoms with van der Waals surface area (Å²) in [7, 11) is 1.56. The number of nitrogens with zero attached hydrogens (tertiary/aromatic N) is 2. The molecule has 5 heterocycles. The van der Waals surface area contributed by atoms with Crippen molar-refractivity contribution >= 4 is 18.0 Å². The van der Waals surface area contributed by atoms with E-state index in [1.54, 1.807) is 49.6 Å². The van der Waals surface area contributed by atoms with E-state index in [-0.39, 0.29) is 54.0 Å². The number of fused-ring (bicyclic) bond motifs is 6. The van der Waals surface area contributed by atoms with Crippen LogP contribution in [-0.4, -0.2) is 94.2 Å².